The zero-order valence-corrected chi connectivity index (χ0v) is 15.8. The van der Waals surface area contributed by atoms with Gasteiger partial charge in [0.05, 0.1) is 24.0 Å². The highest BCUT2D eigenvalue weighted by atomic mass is 32.1. The number of halogens is 3. The Bertz CT molecular complexity index is 1070. The number of alkyl halides is 3. The van der Waals surface area contributed by atoms with Gasteiger partial charge in [-0.1, -0.05) is 12.1 Å². The van der Waals surface area contributed by atoms with Gasteiger partial charge < -0.3 is 4.74 Å². The van der Waals surface area contributed by atoms with E-state index in [0.717, 1.165) is 17.8 Å². The second-order valence-electron chi connectivity index (χ2n) is 6.18. The second kappa shape index (κ2) is 7.32. The molecule has 0 saturated heterocycles. The molecule has 7 nitrogen and oxygen atoms in total. The van der Waals surface area contributed by atoms with Gasteiger partial charge in [0.2, 0.25) is 0 Å². The number of rotatable bonds is 2. The molecule has 0 unspecified atom stereocenters. The lowest BCUT2D eigenvalue weighted by molar-refractivity contribution is -0.137. The molecule has 11 heteroatoms. The minimum atomic E-state index is -4.48. The highest BCUT2D eigenvalue weighted by molar-refractivity contribution is 7.13. The molecule has 0 fully saturated rings. The number of hydrogen-bond acceptors (Lipinski definition) is 6. The summed E-state index contributed by atoms with van der Waals surface area (Å²) in [6.07, 6.45) is -3.13. The average Bonchev–Trinajstić information content (AvgIpc) is 3.11. The van der Waals surface area contributed by atoms with Gasteiger partial charge in [-0.05, 0) is 19.1 Å². The first-order valence-electron chi connectivity index (χ1n) is 8.49. The summed E-state index contributed by atoms with van der Waals surface area (Å²) in [5.74, 6) is 0.519. The molecule has 150 valence electrons. The molecule has 0 atom stereocenters. The van der Waals surface area contributed by atoms with Crippen LogP contribution in [0.2, 0.25) is 0 Å². The molecule has 1 aliphatic rings. The number of carbonyl (C=O) groups excluding carboxylic acids is 1. The molecule has 1 N–H and O–H groups in total. The van der Waals surface area contributed by atoms with Gasteiger partial charge in [0.25, 0.3) is 0 Å². The van der Waals surface area contributed by atoms with Crippen molar-refractivity contribution in [1.82, 2.24) is 15.0 Å². The average molecular weight is 421 g/mol. The quantitative estimate of drug-likeness (QED) is 0.665. The zero-order chi connectivity index (χ0) is 20.6. The van der Waals surface area contributed by atoms with Crippen molar-refractivity contribution in [2.24, 2.45) is 0 Å². The number of aryl methyl sites for hydroxylation is 1. The van der Waals surface area contributed by atoms with E-state index in [1.54, 1.807) is 5.38 Å². The Morgan fingerprint density at radius 3 is 2.86 bits per heavy atom. The molecule has 0 spiro atoms. The van der Waals surface area contributed by atoms with Crippen molar-refractivity contribution >= 4 is 28.3 Å². The molecule has 1 aliphatic heterocycles. The lowest BCUT2D eigenvalue weighted by Crippen LogP contribution is -2.41. The highest BCUT2D eigenvalue weighted by Crippen LogP contribution is 2.34. The van der Waals surface area contributed by atoms with Gasteiger partial charge in [0.1, 0.15) is 6.61 Å². The summed E-state index contributed by atoms with van der Waals surface area (Å²) in [6, 6.07) is 4.24. The first-order chi connectivity index (χ1) is 13.8. The molecular weight excluding hydrogens is 407 g/mol. The monoisotopic (exact) mass is 421 g/mol. The van der Waals surface area contributed by atoms with Gasteiger partial charge >= 0.3 is 12.2 Å². The van der Waals surface area contributed by atoms with Crippen LogP contribution in [0.15, 0.2) is 35.8 Å². The van der Waals surface area contributed by atoms with E-state index in [1.807, 2.05) is 6.92 Å². The highest BCUT2D eigenvalue weighted by Gasteiger charge is 2.31. The summed E-state index contributed by atoms with van der Waals surface area (Å²) in [6.45, 7) is 2.27. The van der Waals surface area contributed by atoms with Crippen LogP contribution in [0, 0.1) is 6.92 Å². The van der Waals surface area contributed by atoms with Crippen LogP contribution >= 0.6 is 11.3 Å². The van der Waals surface area contributed by atoms with E-state index in [9.17, 15) is 18.0 Å². The second-order valence-corrected chi connectivity index (χ2v) is 7.04. The van der Waals surface area contributed by atoms with E-state index in [1.165, 1.54) is 34.6 Å². The Kier molecular flexibility index (Phi) is 4.82. The molecule has 1 aromatic carbocycles. The number of thiazole rings is 1. The number of hydrogen-bond donors (Lipinski definition) is 1. The Balaban J connectivity index is 1.66. The molecule has 2 aromatic heterocycles. The van der Waals surface area contributed by atoms with Gasteiger partial charge in [-0.3, -0.25) is 10.2 Å². The van der Waals surface area contributed by atoms with Crippen LogP contribution in [0.25, 0.3) is 11.4 Å². The van der Waals surface area contributed by atoms with E-state index in [4.69, 9.17) is 4.74 Å². The van der Waals surface area contributed by atoms with Crippen molar-refractivity contribution in [3.8, 4) is 17.1 Å². The number of carbonyl (C=O) groups is 1. The van der Waals surface area contributed by atoms with E-state index >= 15 is 0 Å². The maximum atomic E-state index is 13.0. The molecule has 29 heavy (non-hydrogen) atoms. The fourth-order valence-corrected chi connectivity index (χ4v) is 3.43. The number of benzene rings is 1. The summed E-state index contributed by atoms with van der Waals surface area (Å²) < 4.78 is 44.5. The van der Waals surface area contributed by atoms with Gasteiger partial charge in [-0.25, -0.2) is 19.7 Å². The number of nitrogens with one attached hydrogen (secondary N) is 1. The van der Waals surface area contributed by atoms with Crippen LogP contribution in [0.1, 0.15) is 11.3 Å². The number of amides is 2. The lowest BCUT2D eigenvalue weighted by Gasteiger charge is -2.28. The fraction of sp³-hybridized carbons (Fsp3) is 0.222. The largest absolute Gasteiger partial charge is 0.486 e. The van der Waals surface area contributed by atoms with E-state index in [2.05, 4.69) is 20.3 Å². The molecule has 0 bridgehead atoms. The van der Waals surface area contributed by atoms with Crippen molar-refractivity contribution in [2.45, 2.75) is 13.1 Å². The van der Waals surface area contributed by atoms with Crippen molar-refractivity contribution in [2.75, 3.05) is 23.4 Å². The van der Waals surface area contributed by atoms with Crippen LogP contribution in [0.5, 0.6) is 5.75 Å². The molecule has 4 rings (SSSR count). The van der Waals surface area contributed by atoms with Crippen molar-refractivity contribution < 1.29 is 22.7 Å². The summed E-state index contributed by atoms with van der Waals surface area (Å²) >= 11 is 1.29. The van der Waals surface area contributed by atoms with Crippen molar-refractivity contribution in [3.05, 3.63) is 47.1 Å². The number of ether oxygens (including phenoxy) is 1. The summed E-state index contributed by atoms with van der Waals surface area (Å²) in [5, 5.41) is 4.93. The summed E-state index contributed by atoms with van der Waals surface area (Å²) in [7, 11) is 0. The predicted molar refractivity (Wildman–Crippen MR) is 101 cm³/mol. The molecule has 2 amide bonds. The third-order valence-corrected chi connectivity index (χ3v) is 4.97. The van der Waals surface area contributed by atoms with Gasteiger partial charge in [0, 0.05) is 10.9 Å². The lowest BCUT2D eigenvalue weighted by atomic mass is 10.1. The number of aromatic nitrogens is 3. The molecule has 0 saturated carbocycles. The molecule has 3 heterocycles. The smallest absolute Gasteiger partial charge is 0.416 e. The summed E-state index contributed by atoms with van der Waals surface area (Å²) in [4.78, 5) is 26.6. The Hall–Kier alpha value is -3.21. The van der Waals surface area contributed by atoms with Crippen LogP contribution in [0.4, 0.5) is 28.9 Å². The van der Waals surface area contributed by atoms with Gasteiger partial charge in [-0.2, -0.15) is 13.2 Å². The van der Waals surface area contributed by atoms with E-state index in [0.29, 0.717) is 5.13 Å². The maximum Gasteiger partial charge on any atom is 0.416 e. The third-order valence-electron chi connectivity index (χ3n) is 4.09. The van der Waals surface area contributed by atoms with E-state index in [-0.39, 0.29) is 36.1 Å². The van der Waals surface area contributed by atoms with Crippen LogP contribution in [0.3, 0.4) is 0 Å². The Morgan fingerprint density at radius 2 is 2.14 bits per heavy atom. The van der Waals surface area contributed by atoms with Crippen LogP contribution in [-0.4, -0.2) is 34.1 Å². The maximum absolute atomic E-state index is 13.0. The minimum absolute atomic E-state index is 0.0586. The van der Waals surface area contributed by atoms with Crippen LogP contribution in [-0.2, 0) is 6.18 Å². The normalized spacial score (nSPS) is 13.6. The zero-order valence-electron chi connectivity index (χ0n) is 15.0. The molecule has 0 radical (unpaired) electrons. The van der Waals surface area contributed by atoms with Crippen LogP contribution < -0.4 is 15.0 Å². The fourth-order valence-electron chi connectivity index (χ4n) is 2.75. The first kappa shape index (κ1) is 19.1. The first-order valence-corrected chi connectivity index (χ1v) is 9.37. The van der Waals surface area contributed by atoms with Crippen molar-refractivity contribution in [1.29, 1.82) is 0 Å². The minimum Gasteiger partial charge on any atom is -0.486 e. The van der Waals surface area contributed by atoms with E-state index < -0.39 is 17.8 Å². The third kappa shape index (κ3) is 3.99. The van der Waals surface area contributed by atoms with Gasteiger partial charge in [0.15, 0.2) is 22.5 Å². The van der Waals surface area contributed by atoms with Gasteiger partial charge in [-0.15, -0.1) is 11.3 Å². The number of anilines is 2. The SMILES string of the molecule is Cc1csc(NC(=O)N2CCOc3cnc(-c4cccc(C(F)(F)F)c4)nc32)n1. The Labute approximate surface area is 167 Å². The number of nitrogens with zero attached hydrogens (tertiary/aromatic N) is 4. The van der Waals surface area contributed by atoms with Crippen molar-refractivity contribution in [3.63, 3.8) is 0 Å². The summed E-state index contributed by atoms with van der Waals surface area (Å²) in [5.41, 5.74) is 0.159. The number of urea groups is 1. The standard InChI is InChI=1S/C18H14F3N5O2S/c1-10-9-29-16(23-10)25-17(27)26-5-6-28-13-8-22-14(24-15(13)26)11-3-2-4-12(7-11)18(19,20)21/h2-4,7-9H,5-6H2,1H3,(H,23,25,27). The Morgan fingerprint density at radius 1 is 1.31 bits per heavy atom. The molecule has 3 aromatic rings. The molecule has 0 aliphatic carbocycles. The molecular formula is C18H14F3N5O2S. The topological polar surface area (TPSA) is 80.2 Å². The number of fused-ring (bicyclic) bond motifs is 1. The predicted octanol–water partition coefficient (Wildman–Crippen LogP) is 4.36.